The van der Waals surface area contributed by atoms with Crippen molar-refractivity contribution in [3.63, 3.8) is 0 Å². The predicted octanol–water partition coefficient (Wildman–Crippen LogP) is 6.36. The third-order valence-corrected chi connectivity index (χ3v) is 5.72. The molecule has 0 heteroatoms. The van der Waals surface area contributed by atoms with E-state index in [-0.39, 0.29) is 0 Å². The van der Waals surface area contributed by atoms with Gasteiger partial charge in [0.15, 0.2) is 0 Å². The van der Waals surface area contributed by atoms with Crippen LogP contribution in [0.25, 0.3) is 0 Å². The first-order valence-corrected chi connectivity index (χ1v) is 10.1. The fourth-order valence-corrected chi connectivity index (χ4v) is 4.04. The summed E-state index contributed by atoms with van der Waals surface area (Å²) in [4.78, 5) is 0. The van der Waals surface area contributed by atoms with E-state index in [1.54, 1.807) is 0 Å². The van der Waals surface area contributed by atoms with Crippen LogP contribution >= 0.6 is 0 Å². The first kappa shape index (κ1) is 17.0. The second-order valence-electron chi connectivity index (χ2n) is 7.97. The van der Waals surface area contributed by atoms with Gasteiger partial charge in [0.05, 0.1) is 0 Å². The van der Waals surface area contributed by atoms with E-state index in [0.717, 1.165) is 25.7 Å². The van der Waals surface area contributed by atoms with Crippen LogP contribution in [0.2, 0.25) is 0 Å². The Labute approximate surface area is 167 Å². The molecule has 28 heavy (non-hydrogen) atoms. The van der Waals surface area contributed by atoms with Crippen molar-refractivity contribution in [1.82, 2.24) is 0 Å². The lowest BCUT2D eigenvalue weighted by Crippen LogP contribution is -1.95. The molecule has 0 atom stereocenters. The quantitative estimate of drug-likeness (QED) is 0.301. The van der Waals surface area contributed by atoms with Crippen LogP contribution in [0.1, 0.15) is 44.5 Å². The molecule has 0 radical (unpaired) electrons. The number of rotatable bonds is 0. The monoisotopic (exact) mass is 360 g/mol. The zero-order valence-corrected chi connectivity index (χ0v) is 16.1. The second kappa shape index (κ2) is 7.48. The van der Waals surface area contributed by atoms with Crippen LogP contribution < -0.4 is 0 Å². The van der Waals surface area contributed by atoms with Gasteiger partial charge in [-0.15, -0.1) is 0 Å². The summed E-state index contributed by atoms with van der Waals surface area (Å²) in [6, 6.07) is 36.4. The predicted molar refractivity (Wildman–Crippen MR) is 117 cm³/mol. The van der Waals surface area contributed by atoms with Crippen molar-refractivity contribution in [3.05, 3.63) is 142 Å². The molecule has 0 saturated heterocycles. The summed E-state index contributed by atoms with van der Waals surface area (Å²) in [6.45, 7) is 0. The second-order valence-corrected chi connectivity index (χ2v) is 7.97. The lowest BCUT2D eigenvalue weighted by atomic mass is 9.96. The molecule has 4 aromatic carbocycles. The van der Waals surface area contributed by atoms with E-state index in [1.165, 1.54) is 44.5 Å². The third kappa shape index (κ3) is 3.92. The molecule has 4 aromatic rings. The molecule has 0 spiro atoms. The topological polar surface area (TPSA) is 0 Å². The summed E-state index contributed by atoms with van der Waals surface area (Å²) in [5, 5.41) is 0. The molecule has 0 amide bonds. The van der Waals surface area contributed by atoms with Crippen LogP contribution in [-0.2, 0) is 25.7 Å². The highest BCUT2D eigenvalue weighted by Gasteiger charge is 2.04. The molecular weight excluding hydrogens is 336 g/mol. The molecule has 0 unspecified atom stereocenters. The van der Waals surface area contributed by atoms with Crippen molar-refractivity contribution in [2.24, 2.45) is 0 Å². The van der Waals surface area contributed by atoms with Crippen molar-refractivity contribution in [1.29, 1.82) is 0 Å². The van der Waals surface area contributed by atoms with Gasteiger partial charge < -0.3 is 0 Å². The fraction of sp³-hybridized carbons (Fsp3) is 0.143. The van der Waals surface area contributed by atoms with Crippen molar-refractivity contribution in [3.8, 4) is 0 Å². The minimum absolute atomic E-state index is 0.990. The Balaban J connectivity index is 1.51. The van der Waals surface area contributed by atoms with Crippen molar-refractivity contribution < 1.29 is 0 Å². The van der Waals surface area contributed by atoms with Crippen LogP contribution in [-0.4, -0.2) is 0 Å². The zero-order valence-electron chi connectivity index (χ0n) is 16.1. The lowest BCUT2D eigenvalue weighted by molar-refractivity contribution is 1.12. The number of hydrogen-bond donors (Lipinski definition) is 0. The van der Waals surface area contributed by atoms with Gasteiger partial charge in [-0.05, 0) is 70.2 Å². The van der Waals surface area contributed by atoms with E-state index >= 15 is 0 Å². The Hall–Kier alpha value is -3.12. The highest BCUT2D eigenvalue weighted by atomic mass is 14.1. The summed E-state index contributed by atoms with van der Waals surface area (Å²) in [7, 11) is 0. The Morgan fingerprint density at radius 3 is 0.429 bits per heavy atom. The first-order chi connectivity index (χ1) is 13.8. The average molecular weight is 361 g/mol. The maximum absolute atomic E-state index is 2.27. The van der Waals surface area contributed by atoms with Crippen molar-refractivity contribution in [2.75, 3.05) is 0 Å². The van der Waals surface area contributed by atoms with E-state index in [4.69, 9.17) is 0 Å². The van der Waals surface area contributed by atoms with Crippen LogP contribution in [0.5, 0.6) is 0 Å². The Morgan fingerprint density at radius 1 is 0.214 bits per heavy atom. The summed E-state index contributed by atoms with van der Waals surface area (Å²) < 4.78 is 0. The molecule has 10 aliphatic carbocycles. The molecule has 0 aliphatic heterocycles. The summed E-state index contributed by atoms with van der Waals surface area (Å²) in [5.74, 6) is 0. The van der Waals surface area contributed by atoms with Gasteiger partial charge >= 0.3 is 0 Å². The lowest BCUT2D eigenvalue weighted by Gasteiger charge is -2.09. The summed E-state index contributed by atoms with van der Waals surface area (Å²) in [6.07, 6.45) is 3.96. The summed E-state index contributed by atoms with van der Waals surface area (Å²) >= 11 is 0. The first-order valence-electron chi connectivity index (χ1n) is 10.1. The van der Waals surface area contributed by atoms with Gasteiger partial charge in [0, 0.05) is 0 Å². The fourth-order valence-electron chi connectivity index (χ4n) is 4.04. The third-order valence-electron chi connectivity index (χ3n) is 5.72. The largest absolute Gasteiger partial charge is 0.0584 e. The zero-order chi connectivity index (χ0) is 18.8. The molecule has 0 aromatic heterocycles. The van der Waals surface area contributed by atoms with Crippen LogP contribution in [0.15, 0.2) is 97.1 Å². The molecule has 0 fully saturated rings. The van der Waals surface area contributed by atoms with Gasteiger partial charge in [-0.25, -0.2) is 0 Å². The molecule has 136 valence electrons. The molecular formula is C28H24. The highest BCUT2D eigenvalue weighted by molar-refractivity contribution is 5.37. The van der Waals surface area contributed by atoms with E-state index < -0.39 is 0 Å². The Kier molecular flexibility index (Phi) is 4.54. The van der Waals surface area contributed by atoms with Gasteiger partial charge in [-0.1, -0.05) is 97.1 Å². The van der Waals surface area contributed by atoms with Crippen molar-refractivity contribution in [2.45, 2.75) is 25.7 Å². The molecule has 0 heterocycles. The van der Waals surface area contributed by atoms with Gasteiger partial charge in [0.1, 0.15) is 0 Å². The standard InChI is InChI=1S/C28H24/c1-2-22-4-3-21(1)17-23-5-7-25(8-6-23)19-27-13-15-28(16-14-27)20-26-11-9-24(18-22)10-12-26/h1-16H,17-20H2. The Bertz CT molecular complexity index is 785. The molecule has 10 aliphatic rings. The minimum atomic E-state index is 0.990. The van der Waals surface area contributed by atoms with E-state index in [2.05, 4.69) is 97.1 Å². The Morgan fingerprint density at radius 2 is 0.321 bits per heavy atom. The maximum Gasteiger partial charge on any atom is -0.00258 e. The number of benzene rings is 4. The maximum atomic E-state index is 2.27. The van der Waals surface area contributed by atoms with Crippen LogP contribution in [0.3, 0.4) is 0 Å². The van der Waals surface area contributed by atoms with Gasteiger partial charge in [-0.3, -0.25) is 0 Å². The molecule has 0 nitrogen and oxygen atoms in total. The molecule has 14 rings (SSSR count). The van der Waals surface area contributed by atoms with E-state index in [1.807, 2.05) is 0 Å². The minimum Gasteiger partial charge on any atom is -0.0584 e. The van der Waals surface area contributed by atoms with Crippen LogP contribution in [0, 0.1) is 0 Å². The number of hydrogen-bond acceptors (Lipinski definition) is 0. The summed E-state index contributed by atoms with van der Waals surface area (Å²) in [5.41, 5.74) is 11.0. The molecule has 0 N–H and O–H groups in total. The van der Waals surface area contributed by atoms with Gasteiger partial charge in [0.25, 0.3) is 0 Å². The molecule has 8 bridgehead atoms. The normalized spacial score (nSPS) is 13.1. The van der Waals surface area contributed by atoms with Crippen LogP contribution in [0.4, 0.5) is 0 Å². The smallest absolute Gasteiger partial charge is 0.00258 e. The van der Waals surface area contributed by atoms with E-state index in [9.17, 15) is 0 Å². The molecule has 0 saturated carbocycles. The SMILES string of the molecule is c1cc2ccc1Cc1ccc(cc1)Cc1ccc(cc1)Cc1ccc(cc1)C2. The highest BCUT2D eigenvalue weighted by Crippen LogP contribution is 2.19. The van der Waals surface area contributed by atoms with E-state index in [0.29, 0.717) is 0 Å². The average Bonchev–Trinajstić information content (AvgIpc) is 2.73. The van der Waals surface area contributed by atoms with Gasteiger partial charge in [-0.2, -0.15) is 0 Å². The van der Waals surface area contributed by atoms with Crippen molar-refractivity contribution >= 4 is 0 Å². The van der Waals surface area contributed by atoms with Gasteiger partial charge in [0.2, 0.25) is 0 Å².